The molecule has 0 aromatic heterocycles. The molecule has 1 aliphatic carbocycles. The zero-order chi connectivity index (χ0) is 9.03. The Labute approximate surface area is 71.7 Å². The van der Waals surface area contributed by atoms with Crippen LogP contribution < -0.4 is 0 Å². The third-order valence-corrected chi connectivity index (χ3v) is 2.54. The monoisotopic (exact) mass is 173 g/mol. The summed E-state index contributed by atoms with van der Waals surface area (Å²) in [5, 5.41) is 19.9. The van der Waals surface area contributed by atoms with E-state index in [0.717, 1.165) is 32.1 Å². The van der Waals surface area contributed by atoms with Crippen molar-refractivity contribution in [1.29, 1.82) is 0 Å². The summed E-state index contributed by atoms with van der Waals surface area (Å²) >= 11 is 0. The average molecular weight is 173 g/mol. The minimum atomic E-state index is -0.731. The lowest BCUT2D eigenvalue weighted by atomic mass is 9.82. The van der Waals surface area contributed by atoms with Gasteiger partial charge in [0.15, 0.2) is 0 Å². The Hall–Kier alpha value is -0.640. The van der Waals surface area contributed by atoms with E-state index in [1.807, 2.05) is 0 Å². The predicted molar refractivity (Wildman–Crippen MR) is 44.5 cm³/mol. The quantitative estimate of drug-likeness (QED) is 0.517. The van der Waals surface area contributed by atoms with Crippen LogP contribution in [0, 0.1) is 10.1 Å². The fourth-order valence-corrected chi connectivity index (χ4v) is 1.76. The van der Waals surface area contributed by atoms with E-state index in [-0.39, 0.29) is 11.5 Å². The van der Waals surface area contributed by atoms with Crippen LogP contribution in [0.4, 0.5) is 0 Å². The van der Waals surface area contributed by atoms with Gasteiger partial charge in [-0.1, -0.05) is 19.3 Å². The Morgan fingerprint density at radius 2 is 1.92 bits per heavy atom. The van der Waals surface area contributed by atoms with Crippen LogP contribution in [0.1, 0.15) is 38.5 Å². The van der Waals surface area contributed by atoms with Gasteiger partial charge in [0.2, 0.25) is 6.54 Å². The van der Waals surface area contributed by atoms with E-state index in [1.165, 1.54) is 0 Å². The van der Waals surface area contributed by atoms with Gasteiger partial charge in [0.1, 0.15) is 0 Å². The fourth-order valence-electron chi connectivity index (χ4n) is 1.76. The van der Waals surface area contributed by atoms with Gasteiger partial charge in [0.25, 0.3) is 0 Å². The molecule has 0 aliphatic heterocycles. The van der Waals surface area contributed by atoms with E-state index in [1.54, 1.807) is 0 Å². The third kappa shape index (κ3) is 2.77. The van der Waals surface area contributed by atoms with Gasteiger partial charge in [0.05, 0.1) is 5.60 Å². The largest absolute Gasteiger partial charge is 0.390 e. The van der Waals surface area contributed by atoms with Gasteiger partial charge in [-0.05, 0) is 12.8 Å². The summed E-state index contributed by atoms with van der Waals surface area (Å²) in [6.45, 7) is -0.101. The van der Waals surface area contributed by atoms with Crippen molar-refractivity contribution in [2.45, 2.75) is 44.1 Å². The lowest BCUT2D eigenvalue weighted by molar-refractivity contribution is -0.483. The molecule has 0 atom stereocenters. The molecule has 1 fully saturated rings. The van der Waals surface area contributed by atoms with E-state index < -0.39 is 5.60 Å². The molecule has 1 N–H and O–H groups in total. The minimum Gasteiger partial charge on any atom is -0.390 e. The van der Waals surface area contributed by atoms with E-state index in [2.05, 4.69) is 0 Å². The molecular formula is C8H15NO3. The van der Waals surface area contributed by atoms with Crippen LogP contribution in [0.3, 0.4) is 0 Å². The molecule has 0 unspecified atom stereocenters. The first-order valence-corrected chi connectivity index (χ1v) is 4.47. The Morgan fingerprint density at radius 1 is 1.33 bits per heavy atom. The molecule has 1 saturated carbocycles. The first-order chi connectivity index (χ1) is 5.62. The highest BCUT2D eigenvalue weighted by atomic mass is 16.6. The van der Waals surface area contributed by atoms with Gasteiger partial charge in [-0.2, -0.15) is 0 Å². The number of hydrogen-bond donors (Lipinski definition) is 1. The molecule has 0 aromatic rings. The highest BCUT2D eigenvalue weighted by Crippen LogP contribution is 2.30. The third-order valence-electron chi connectivity index (χ3n) is 2.54. The lowest BCUT2D eigenvalue weighted by Gasteiger charge is -2.30. The minimum absolute atomic E-state index is 0.101. The van der Waals surface area contributed by atoms with Crippen molar-refractivity contribution in [1.82, 2.24) is 0 Å². The van der Waals surface area contributed by atoms with Crippen LogP contribution in [0.15, 0.2) is 0 Å². The number of rotatable bonds is 3. The van der Waals surface area contributed by atoms with Gasteiger partial charge in [-0.15, -0.1) is 0 Å². The van der Waals surface area contributed by atoms with Gasteiger partial charge < -0.3 is 5.11 Å². The summed E-state index contributed by atoms with van der Waals surface area (Å²) in [6, 6.07) is 0. The molecule has 4 heteroatoms. The standard InChI is InChI=1S/C8H15NO3/c10-8(6-7-9(11)12)4-2-1-3-5-8/h10H,1-7H2. The summed E-state index contributed by atoms with van der Waals surface area (Å²) in [7, 11) is 0. The summed E-state index contributed by atoms with van der Waals surface area (Å²) in [6.07, 6.45) is 4.96. The normalized spacial score (nSPS) is 22.1. The average Bonchev–Trinajstić information content (AvgIpc) is 2.03. The molecular weight excluding hydrogens is 158 g/mol. The molecule has 0 heterocycles. The maximum atomic E-state index is 10.1. The molecule has 0 radical (unpaired) electrons. The smallest absolute Gasteiger partial charge is 0.206 e. The number of aliphatic hydroxyl groups is 1. The van der Waals surface area contributed by atoms with Gasteiger partial charge >= 0.3 is 0 Å². The maximum Gasteiger partial charge on any atom is 0.206 e. The Bertz CT molecular complexity index is 164. The number of hydrogen-bond acceptors (Lipinski definition) is 3. The summed E-state index contributed by atoms with van der Waals surface area (Å²) < 4.78 is 0. The first kappa shape index (κ1) is 9.45. The second-order valence-electron chi connectivity index (χ2n) is 3.59. The molecule has 70 valence electrons. The zero-order valence-electron chi connectivity index (χ0n) is 7.16. The van der Waals surface area contributed by atoms with Crippen molar-refractivity contribution in [2.24, 2.45) is 0 Å². The Morgan fingerprint density at radius 3 is 2.42 bits per heavy atom. The van der Waals surface area contributed by atoms with Crippen molar-refractivity contribution >= 4 is 0 Å². The topological polar surface area (TPSA) is 63.4 Å². The second kappa shape index (κ2) is 3.85. The molecule has 12 heavy (non-hydrogen) atoms. The van der Waals surface area contributed by atoms with Crippen LogP contribution >= 0.6 is 0 Å². The molecule has 0 amide bonds. The van der Waals surface area contributed by atoms with E-state index in [4.69, 9.17) is 0 Å². The summed E-state index contributed by atoms with van der Waals surface area (Å²) in [4.78, 5) is 9.72. The van der Waals surface area contributed by atoms with Crippen LogP contribution in [-0.4, -0.2) is 22.2 Å². The lowest BCUT2D eigenvalue weighted by Crippen LogP contribution is -2.33. The van der Waals surface area contributed by atoms with Crippen LogP contribution in [0.25, 0.3) is 0 Å². The SMILES string of the molecule is O=[N+]([O-])CCC1(O)CCCCC1. The van der Waals surface area contributed by atoms with Crippen LogP contribution in [-0.2, 0) is 0 Å². The Balaban J connectivity index is 2.31. The van der Waals surface area contributed by atoms with Crippen molar-refractivity contribution in [3.8, 4) is 0 Å². The molecule has 0 saturated heterocycles. The van der Waals surface area contributed by atoms with E-state index in [9.17, 15) is 15.2 Å². The molecule has 0 aromatic carbocycles. The zero-order valence-corrected chi connectivity index (χ0v) is 7.16. The van der Waals surface area contributed by atoms with E-state index >= 15 is 0 Å². The van der Waals surface area contributed by atoms with Gasteiger partial charge in [-0.25, -0.2) is 0 Å². The fraction of sp³-hybridized carbons (Fsp3) is 1.00. The number of nitrogens with zero attached hydrogens (tertiary/aromatic N) is 1. The highest BCUT2D eigenvalue weighted by molar-refractivity contribution is 4.81. The molecule has 4 nitrogen and oxygen atoms in total. The van der Waals surface area contributed by atoms with E-state index in [0.29, 0.717) is 6.42 Å². The van der Waals surface area contributed by atoms with Crippen LogP contribution in [0.2, 0.25) is 0 Å². The Kier molecular flexibility index (Phi) is 3.03. The highest BCUT2D eigenvalue weighted by Gasteiger charge is 2.30. The maximum absolute atomic E-state index is 10.1. The van der Waals surface area contributed by atoms with Crippen LogP contribution in [0.5, 0.6) is 0 Å². The van der Waals surface area contributed by atoms with Crippen molar-refractivity contribution in [3.05, 3.63) is 10.1 Å². The predicted octanol–water partition coefficient (Wildman–Crippen LogP) is 1.35. The first-order valence-electron chi connectivity index (χ1n) is 4.47. The summed E-state index contributed by atoms with van der Waals surface area (Å²) in [5.74, 6) is 0. The summed E-state index contributed by atoms with van der Waals surface area (Å²) in [5.41, 5.74) is -0.731. The van der Waals surface area contributed by atoms with Crippen molar-refractivity contribution < 1.29 is 10.0 Å². The molecule has 1 rings (SSSR count). The molecule has 0 bridgehead atoms. The van der Waals surface area contributed by atoms with Gasteiger partial charge in [0, 0.05) is 11.3 Å². The number of nitro groups is 1. The van der Waals surface area contributed by atoms with Gasteiger partial charge in [-0.3, -0.25) is 10.1 Å². The molecule has 0 spiro atoms. The van der Waals surface area contributed by atoms with Crippen molar-refractivity contribution in [2.75, 3.05) is 6.54 Å². The van der Waals surface area contributed by atoms with Crippen molar-refractivity contribution in [3.63, 3.8) is 0 Å². The molecule has 1 aliphatic rings. The second-order valence-corrected chi connectivity index (χ2v) is 3.59.